The molecule has 22 heavy (non-hydrogen) atoms. The van der Waals surface area contributed by atoms with Crippen molar-refractivity contribution in [3.63, 3.8) is 0 Å². The molecular formula is C17H15N5. The van der Waals surface area contributed by atoms with Gasteiger partial charge in [0.15, 0.2) is 0 Å². The van der Waals surface area contributed by atoms with Crippen LogP contribution in [0.5, 0.6) is 0 Å². The van der Waals surface area contributed by atoms with Gasteiger partial charge in [-0.1, -0.05) is 12.1 Å². The Bertz CT molecular complexity index is 899. The van der Waals surface area contributed by atoms with Crippen molar-refractivity contribution in [3.05, 3.63) is 42.4 Å². The van der Waals surface area contributed by atoms with Crippen molar-refractivity contribution >= 4 is 16.6 Å². The SMILES string of the molecule is Cn1cc(-c2ccc3c(N4CCC4)c(C#N)cnc3c2)cn1. The standard InChI is InChI=1S/C17H15N5/c1-21-11-14(10-20-21)12-3-4-15-16(7-12)19-9-13(8-18)17(15)22-5-2-6-22/h3-4,7,9-11H,2,5-6H2,1H3. The molecule has 0 atom stereocenters. The third kappa shape index (κ3) is 1.92. The normalized spacial score (nSPS) is 13.9. The zero-order valence-corrected chi connectivity index (χ0v) is 12.3. The van der Waals surface area contributed by atoms with Crippen LogP contribution in [0, 0.1) is 11.3 Å². The van der Waals surface area contributed by atoms with Crippen molar-refractivity contribution in [2.24, 2.45) is 7.05 Å². The van der Waals surface area contributed by atoms with Crippen LogP contribution < -0.4 is 4.90 Å². The van der Waals surface area contributed by atoms with Crippen molar-refractivity contribution < 1.29 is 0 Å². The van der Waals surface area contributed by atoms with Crippen LogP contribution in [0.25, 0.3) is 22.0 Å². The van der Waals surface area contributed by atoms with Crippen LogP contribution in [0.4, 0.5) is 5.69 Å². The van der Waals surface area contributed by atoms with E-state index in [-0.39, 0.29) is 0 Å². The van der Waals surface area contributed by atoms with Gasteiger partial charge in [0.25, 0.3) is 0 Å². The predicted octanol–water partition coefficient (Wildman–Crippen LogP) is 2.72. The zero-order chi connectivity index (χ0) is 15.1. The number of hydrogen-bond acceptors (Lipinski definition) is 4. The molecule has 1 fully saturated rings. The third-order valence-corrected chi connectivity index (χ3v) is 4.17. The van der Waals surface area contributed by atoms with Gasteiger partial charge in [-0.3, -0.25) is 9.67 Å². The molecule has 3 aromatic rings. The molecule has 5 nitrogen and oxygen atoms in total. The quantitative estimate of drug-likeness (QED) is 0.728. The molecule has 0 N–H and O–H groups in total. The summed E-state index contributed by atoms with van der Waals surface area (Å²) in [5.74, 6) is 0. The second-order valence-corrected chi connectivity index (χ2v) is 5.61. The lowest BCUT2D eigenvalue weighted by Gasteiger charge is -2.34. The highest BCUT2D eigenvalue weighted by Crippen LogP contribution is 2.34. The zero-order valence-electron chi connectivity index (χ0n) is 12.3. The molecule has 1 aromatic carbocycles. The fourth-order valence-corrected chi connectivity index (χ4v) is 2.89. The molecule has 1 aliphatic heterocycles. The molecular weight excluding hydrogens is 274 g/mol. The van der Waals surface area contributed by atoms with Crippen LogP contribution in [0.2, 0.25) is 0 Å². The highest BCUT2D eigenvalue weighted by atomic mass is 15.2. The number of hydrogen-bond donors (Lipinski definition) is 0. The van der Waals surface area contributed by atoms with E-state index in [0.717, 1.165) is 40.8 Å². The van der Waals surface area contributed by atoms with E-state index in [9.17, 15) is 5.26 Å². The highest BCUT2D eigenvalue weighted by molar-refractivity contribution is 5.96. The van der Waals surface area contributed by atoms with Crippen LogP contribution in [0.15, 0.2) is 36.8 Å². The average Bonchev–Trinajstić information content (AvgIpc) is 2.92. The Labute approximate surface area is 128 Å². The van der Waals surface area contributed by atoms with Crippen molar-refractivity contribution in [1.82, 2.24) is 14.8 Å². The van der Waals surface area contributed by atoms with Gasteiger partial charge in [-0.05, 0) is 18.1 Å². The van der Waals surface area contributed by atoms with Gasteiger partial charge < -0.3 is 4.90 Å². The highest BCUT2D eigenvalue weighted by Gasteiger charge is 2.21. The molecule has 0 amide bonds. The van der Waals surface area contributed by atoms with E-state index >= 15 is 0 Å². The summed E-state index contributed by atoms with van der Waals surface area (Å²) in [7, 11) is 1.91. The molecule has 1 aliphatic rings. The van der Waals surface area contributed by atoms with Gasteiger partial charge in [-0.2, -0.15) is 10.4 Å². The van der Waals surface area contributed by atoms with Crippen molar-refractivity contribution in [3.8, 4) is 17.2 Å². The largest absolute Gasteiger partial charge is 0.370 e. The van der Waals surface area contributed by atoms with Gasteiger partial charge >= 0.3 is 0 Å². The topological polar surface area (TPSA) is 57.7 Å². The summed E-state index contributed by atoms with van der Waals surface area (Å²) in [5.41, 5.74) is 4.76. The summed E-state index contributed by atoms with van der Waals surface area (Å²) in [6.45, 7) is 2.02. The first-order valence-electron chi connectivity index (χ1n) is 7.33. The average molecular weight is 289 g/mol. The monoisotopic (exact) mass is 289 g/mol. The molecule has 108 valence electrons. The van der Waals surface area contributed by atoms with Crippen molar-refractivity contribution in [1.29, 1.82) is 5.26 Å². The molecule has 2 aromatic heterocycles. The maximum absolute atomic E-state index is 9.35. The number of anilines is 1. The Kier molecular flexibility index (Phi) is 2.83. The van der Waals surface area contributed by atoms with E-state index in [2.05, 4.69) is 39.3 Å². The van der Waals surface area contributed by atoms with Gasteiger partial charge in [0.05, 0.1) is 23.0 Å². The Balaban J connectivity index is 1.89. The van der Waals surface area contributed by atoms with Crippen molar-refractivity contribution in [2.75, 3.05) is 18.0 Å². The van der Waals surface area contributed by atoms with Crippen molar-refractivity contribution in [2.45, 2.75) is 6.42 Å². The number of benzene rings is 1. The third-order valence-electron chi connectivity index (χ3n) is 4.17. The minimum atomic E-state index is 0.654. The van der Waals surface area contributed by atoms with Gasteiger partial charge in [-0.25, -0.2) is 0 Å². The summed E-state index contributed by atoms with van der Waals surface area (Å²) in [6, 6.07) is 8.48. The van der Waals surface area contributed by atoms with Crippen LogP contribution >= 0.6 is 0 Å². The fraction of sp³-hybridized carbons (Fsp3) is 0.235. The lowest BCUT2D eigenvalue weighted by Crippen LogP contribution is -2.37. The number of nitrogens with zero attached hydrogens (tertiary/aromatic N) is 5. The van der Waals surface area contributed by atoms with Crippen LogP contribution in [-0.2, 0) is 7.05 Å². The molecule has 0 bridgehead atoms. The molecule has 3 heterocycles. The molecule has 0 saturated carbocycles. The van der Waals surface area contributed by atoms with Crippen LogP contribution in [0.1, 0.15) is 12.0 Å². The summed E-state index contributed by atoms with van der Waals surface area (Å²) in [4.78, 5) is 6.73. The maximum Gasteiger partial charge on any atom is 0.103 e. The number of fused-ring (bicyclic) bond motifs is 1. The van der Waals surface area contributed by atoms with Gasteiger partial charge in [0.2, 0.25) is 0 Å². The van der Waals surface area contributed by atoms with E-state index in [1.54, 1.807) is 10.9 Å². The van der Waals surface area contributed by atoms with Gasteiger partial charge in [0.1, 0.15) is 6.07 Å². The Hall–Kier alpha value is -2.87. The Morgan fingerprint density at radius 2 is 2.05 bits per heavy atom. The summed E-state index contributed by atoms with van der Waals surface area (Å²) >= 11 is 0. The molecule has 4 rings (SSSR count). The van der Waals surface area contributed by atoms with Gasteiger partial charge in [-0.15, -0.1) is 0 Å². The number of aryl methyl sites for hydroxylation is 1. The molecule has 1 saturated heterocycles. The van der Waals surface area contributed by atoms with E-state index in [1.807, 2.05) is 19.4 Å². The molecule has 0 unspecified atom stereocenters. The first-order chi connectivity index (χ1) is 10.8. The minimum absolute atomic E-state index is 0.654. The summed E-state index contributed by atoms with van der Waals surface area (Å²) in [6.07, 6.45) is 6.70. The second-order valence-electron chi connectivity index (χ2n) is 5.61. The van der Waals surface area contributed by atoms with E-state index in [1.165, 1.54) is 6.42 Å². The van der Waals surface area contributed by atoms with E-state index in [4.69, 9.17) is 0 Å². The molecule has 0 spiro atoms. The maximum atomic E-state index is 9.35. The molecule has 0 aliphatic carbocycles. The van der Waals surface area contributed by atoms with Crippen LogP contribution in [-0.4, -0.2) is 27.9 Å². The van der Waals surface area contributed by atoms with E-state index < -0.39 is 0 Å². The number of rotatable bonds is 2. The molecule has 5 heteroatoms. The summed E-state index contributed by atoms with van der Waals surface area (Å²) < 4.78 is 1.79. The lowest BCUT2D eigenvalue weighted by molar-refractivity contribution is 0.619. The van der Waals surface area contributed by atoms with Crippen LogP contribution in [0.3, 0.4) is 0 Å². The Morgan fingerprint density at radius 3 is 2.68 bits per heavy atom. The minimum Gasteiger partial charge on any atom is -0.370 e. The van der Waals surface area contributed by atoms with E-state index in [0.29, 0.717) is 5.56 Å². The fourth-order valence-electron chi connectivity index (χ4n) is 2.89. The first-order valence-corrected chi connectivity index (χ1v) is 7.33. The number of aromatic nitrogens is 3. The Morgan fingerprint density at radius 1 is 1.18 bits per heavy atom. The summed E-state index contributed by atoms with van der Waals surface area (Å²) in [5, 5.41) is 14.6. The first kappa shape index (κ1) is 12.8. The number of nitriles is 1. The lowest BCUT2D eigenvalue weighted by atomic mass is 10.0. The smallest absolute Gasteiger partial charge is 0.103 e. The number of pyridine rings is 1. The molecule has 0 radical (unpaired) electrons. The van der Waals surface area contributed by atoms with Gasteiger partial charge in [0, 0.05) is 43.5 Å². The predicted molar refractivity (Wildman–Crippen MR) is 85.5 cm³/mol. The second kappa shape index (κ2) is 4.85.